The molecule has 3 aliphatic carbocycles. The summed E-state index contributed by atoms with van der Waals surface area (Å²) in [7, 11) is -0.633. The van der Waals surface area contributed by atoms with Crippen molar-refractivity contribution in [1.29, 1.82) is 0 Å². The normalized spacial score (nSPS) is 38.3. The van der Waals surface area contributed by atoms with E-state index in [1.807, 2.05) is 0 Å². The first-order valence-corrected chi connectivity index (χ1v) is 7.90. The van der Waals surface area contributed by atoms with Crippen molar-refractivity contribution in [2.45, 2.75) is 45.3 Å². The second-order valence-corrected chi connectivity index (χ2v) is 7.62. The summed E-state index contributed by atoms with van der Waals surface area (Å²) in [4.78, 5) is 10.9. The van der Waals surface area contributed by atoms with Crippen LogP contribution in [-0.2, 0) is 9.31 Å². The van der Waals surface area contributed by atoms with Crippen molar-refractivity contribution in [1.82, 2.24) is 0 Å². The van der Waals surface area contributed by atoms with E-state index in [4.69, 9.17) is 9.31 Å². The number of para-hydroxylation sites is 1. The van der Waals surface area contributed by atoms with Crippen LogP contribution in [0, 0.1) is 27.4 Å². The molecule has 5 rings (SSSR count). The van der Waals surface area contributed by atoms with Gasteiger partial charge in [0.15, 0.2) is 0 Å². The Bertz CT molecular complexity index is 649. The highest BCUT2D eigenvalue weighted by atomic mass is 16.7. The molecule has 0 N–H and O–H groups in total. The maximum absolute atomic E-state index is 11.2. The van der Waals surface area contributed by atoms with Gasteiger partial charge in [0.2, 0.25) is 0 Å². The molecule has 1 saturated heterocycles. The number of benzene rings is 1. The molecule has 0 aromatic heterocycles. The fourth-order valence-corrected chi connectivity index (χ4v) is 4.85. The Labute approximate surface area is 130 Å². The molecule has 4 aliphatic rings. The van der Waals surface area contributed by atoms with Gasteiger partial charge in [-0.2, -0.15) is 0 Å². The molecule has 1 aliphatic heterocycles. The van der Waals surface area contributed by atoms with Gasteiger partial charge in [-0.3, -0.25) is 10.1 Å². The van der Waals surface area contributed by atoms with Crippen LogP contribution in [0.2, 0.25) is 0 Å². The summed E-state index contributed by atoms with van der Waals surface area (Å²) in [5.74, 6) is 1.13. The lowest BCUT2D eigenvalue weighted by atomic mass is 9.43. The lowest BCUT2D eigenvalue weighted by molar-refractivity contribution is -0.383. The van der Waals surface area contributed by atoms with Crippen molar-refractivity contribution >= 4 is 18.3 Å². The van der Waals surface area contributed by atoms with Gasteiger partial charge in [-0.15, -0.1) is 0 Å². The molecular formula is C16H20BNO4. The molecule has 1 heterocycles. The van der Waals surface area contributed by atoms with E-state index in [9.17, 15) is 10.1 Å². The molecule has 0 radical (unpaired) electrons. The quantitative estimate of drug-likeness (QED) is 0.478. The molecule has 6 heteroatoms. The van der Waals surface area contributed by atoms with E-state index < -0.39 is 7.12 Å². The van der Waals surface area contributed by atoms with E-state index in [1.54, 1.807) is 18.2 Å². The first kappa shape index (κ1) is 14.2. The van der Waals surface area contributed by atoms with Crippen LogP contribution in [0.25, 0.3) is 0 Å². The van der Waals surface area contributed by atoms with E-state index >= 15 is 0 Å². The molecule has 0 spiro atoms. The number of nitrogens with zero attached hydrogens (tertiary/aromatic N) is 1. The van der Waals surface area contributed by atoms with Gasteiger partial charge in [0.05, 0.1) is 22.1 Å². The standard InChI is InChI=1S/C16H20BNO4/c1-15(2)10-8-13(15)16(3)14(9-10)21-17(22-16)11-6-4-5-7-12(11)18(19)20/h4-7,10,13-14H,8-9H2,1-3H3. The third kappa shape index (κ3) is 1.68. The molecule has 4 fully saturated rings. The summed E-state index contributed by atoms with van der Waals surface area (Å²) in [6.07, 6.45) is 2.19. The molecule has 4 atom stereocenters. The molecule has 5 nitrogen and oxygen atoms in total. The minimum Gasteiger partial charge on any atom is -0.401 e. The molecule has 0 amide bonds. The first-order valence-electron chi connectivity index (χ1n) is 7.90. The zero-order valence-electron chi connectivity index (χ0n) is 13.1. The van der Waals surface area contributed by atoms with Crippen molar-refractivity contribution in [3.63, 3.8) is 0 Å². The van der Waals surface area contributed by atoms with E-state index in [-0.39, 0.29) is 27.7 Å². The molecule has 4 unspecified atom stereocenters. The average molecular weight is 301 g/mol. The fourth-order valence-electron chi connectivity index (χ4n) is 4.85. The van der Waals surface area contributed by atoms with Crippen LogP contribution < -0.4 is 5.46 Å². The van der Waals surface area contributed by atoms with Crippen molar-refractivity contribution in [2.24, 2.45) is 17.3 Å². The van der Waals surface area contributed by atoms with Gasteiger partial charge in [-0.25, -0.2) is 0 Å². The second kappa shape index (κ2) is 4.33. The topological polar surface area (TPSA) is 61.6 Å². The second-order valence-electron chi connectivity index (χ2n) is 7.62. The Kier molecular flexibility index (Phi) is 2.80. The molecule has 1 aromatic rings. The summed E-state index contributed by atoms with van der Waals surface area (Å²) >= 11 is 0. The predicted octanol–water partition coefficient (Wildman–Crippen LogP) is 2.53. The molecule has 22 heavy (non-hydrogen) atoms. The Morgan fingerprint density at radius 3 is 2.68 bits per heavy atom. The summed E-state index contributed by atoms with van der Waals surface area (Å²) < 4.78 is 12.4. The number of nitro benzene ring substituents is 1. The monoisotopic (exact) mass is 301 g/mol. The first-order chi connectivity index (χ1) is 10.3. The highest BCUT2D eigenvalue weighted by Crippen LogP contribution is 2.65. The summed E-state index contributed by atoms with van der Waals surface area (Å²) in [6, 6.07) is 6.71. The summed E-state index contributed by atoms with van der Waals surface area (Å²) in [6.45, 7) is 6.72. The third-order valence-electron chi connectivity index (χ3n) is 6.34. The van der Waals surface area contributed by atoms with Gasteiger partial charge in [-0.05, 0) is 37.0 Å². The Balaban J connectivity index is 1.68. The Hall–Kier alpha value is -1.40. The molecule has 116 valence electrons. The highest BCUT2D eigenvalue weighted by Gasteiger charge is 2.68. The van der Waals surface area contributed by atoms with Gasteiger partial charge in [-0.1, -0.05) is 32.0 Å². The molecule has 2 bridgehead atoms. The van der Waals surface area contributed by atoms with E-state index in [2.05, 4.69) is 20.8 Å². The SMILES string of the molecule is CC1(C)C2CC3OB(c4ccccc4[N+](=O)[O-])OC3(C)C1C2. The van der Waals surface area contributed by atoms with Crippen LogP contribution in [-0.4, -0.2) is 23.7 Å². The number of hydrogen-bond acceptors (Lipinski definition) is 4. The minimum atomic E-state index is -0.633. The van der Waals surface area contributed by atoms with Gasteiger partial charge in [0.25, 0.3) is 5.69 Å². The highest BCUT2D eigenvalue weighted by molar-refractivity contribution is 6.63. The van der Waals surface area contributed by atoms with Gasteiger partial charge in [0, 0.05) is 6.07 Å². The fraction of sp³-hybridized carbons (Fsp3) is 0.625. The van der Waals surface area contributed by atoms with E-state index in [1.165, 1.54) is 12.5 Å². The van der Waals surface area contributed by atoms with Crippen molar-refractivity contribution < 1.29 is 14.2 Å². The third-order valence-corrected chi connectivity index (χ3v) is 6.34. The molecule has 1 aromatic carbocycles. The van der Waals surface area contributed by atoms with Gasteiger partial charge < -0.3 is 9.31 Å². The van der Waals surface area contributed by atoms with Crippen LogP contribution in [0.1, 0.15) is 33.6 Å². The van der Waals surface area contributed by atoms with Crippen molar-refractivity contribution in [3.05, 3.63) is 34.4 Å². The van der Waals surface area contributed by atoms with Crippen LogP contribution >= 0.6 is 0 Å². The van der Waals surface area contributed by atoms with Crippen LogP contribution in [0.4, 0.5) is 5.69 Å². The Morgan fingerprint density at radius 2 is 2.00 bits per heavy atom. The van der Waals surface area contributed by atoms with Crippen molar-refractivity contribution in [2.75, 3.05) is 0 Å². The maximum Gasteiger partial charge on any atom is 0.501 e. The van der Waals surface area contributed by atoms with Crippen molar-refractivity contribution in [3.8, 4) is 0 Å². The Morgan fingerprint density at radius 1 is 1.27 bits per heavy atom. The van der Waals surface area contributed by atoms with Crippen LogP contribution in [0.3, 0.4) is 0 Å². The number of rotatable bonds is 2. The maximum atomic E-state index is 11.2. The summed E-state index contributed by atoms with van der Waals surface area (Å²) in [5, 5.41) is 11.2. The van der Waals surface area contributed by atoms with Gasteiger partial charge >= 0.3 is 7.12 Å². The smallest absolute Gasteiger partial charge is 0.401 e. The lowest BCUT2D eigenvalue weighted by Crippen LogP contribution is -2.65. The number of hydrogen-bond donors (Lipinski definition) is 0. The molecule has 3 saturated carbocycles. The lowest BCUT2D eigenvalue weighted by Gasteiger charge is -2.64. The van der Waals surface area contributed by atoms with E-state index in [0.29, 0.717) is 17.3 Å². The largest absolute Gasteiger partial charge is 0.501 e. The van der Waals surface area contributed by atoms with Crippen LogP contribution in [0.15, 0.2) is 24.3 Å². The van der Waals surface area contributed by atoms with Crippen LogP contribution in [0.5, 0.6) is 0 Å². The van der Waals surface area contributed by atoms with Gasteiger partial charge in [0.1, 0.15) is 0 Å². The molecular weight excluding hydrogens is 281 g/mol. The van der Waals surface area contributed by atoms with E-state index in [0.717, 1.165) is 6.42 Å². The zero-order valence-corrected chi connectivity index (χ0v) is 13.1. The zero-order chi connectivity index (χ0) is 15.7. The number of nitro groups is 1. The average Bonchev–Trinajstić information content (AvgIpc) is 2.83. The summed E-state index contributed by atoms with van der Waals surface area (Å²) in [5.41, 5.74) is 0.526. The minimum absolute atomic E-state index is 0.0362. The predicted molar refractivity (Wildman–Crippen MR) is 82.8 cm³/mol.